The number of hydrogen-bond donors (Lipinski definition) is 4. The highest BCUT2D eigenvalue weighted by Gasteiger charge is 2.10. The summed E-state index contributed by atoms with van der Waals surface area (Å²) in [5.41, 5.74) is 0. The average Bonchev–Trinajstić information content (AvgIpc) is 2.68. The summed E-state index contributed by atoms with van der Waals surface area (Å²) < 4.78 is 0. The maximum Gasteiger partial charge on any atom is 0.0110 e. The molecule has 2 heterocycles. The first kappa shape index (κ1) is 16.1. The Morgan fingerprint density at radius 1 is 0.450 bits per heavy atom. The van der Waals surface area contributed by atoms with E-state index in [1.54, 1.807) is 0 Å². The summed E-state index contributed by atoms with van der Waals surface area (Å²) in [5, 5.41) is 13.9. The van der Waals surface area contributed by atoms with Gasteiger partial charge in [-0.05, 0) is 0 Å². The van der Waals surface area contributed by atoms with Crippen molar-refractivity contribution in [3.05, 3.63) is 0 Å². The second-order valence-corrected chi connectivity index (χ2v) is 5.68. The van der Waals surface area contributed by atoms with E-state index in [1.807, 2.05) is 0 Å². The first-order valence-corrected chi connectivity index (χ1v) is 8.23. The van der Waals surface area contributed by atoms with Crippen LogP contribution in [0.3, 0.4) is 0 Å². The number of nitrogens with zero attached hydrogens (tertiary/aromatic N) is 2. The summed E-state index contributed by atoms with van der Waals surface area (Å²) in [5.74, 6) is 0. The van der Waals surface area contributed by atoms with Gasteiger partial charge in [-0.2, -0.15) is 0 Å². The summed E-state index contributed by atoms with van der Waals surface area (Å²) >= 11 is 0. The van der Waals surface area contributed by atoms with Crippen molar-refractivity contribution in [2.75, 3.05) is 91.6 Å². The molecule has 2 aliphatic heterocycles. The van der Waals surface area contributed by atoms with Crippen molar-refractivity contribution >= 4 is 0 Å². The van der Waals surface area contributed by atoms with E-state index in [4.69, 9.17) is 0 Å². The molecule has 0 aromatic heterocycles. The number of nitrogens with one attached hydrogen (secondary N) is 4. The lowest BCUT2D eigenvalue weighted by Gasteiger charge is -2.27. The first-order chi connectivity index (χ1) is 9.95. The lowest BCUT2D eigenvalue weighted by Crippen LogP contribution is -2.42. The Labute approximate surface area is 123 Å². The molecule has 0 aromatic carbocycles. The summed E-state index contributed by atoms with van der Waals surface area (Å²) in [7, 11) is 0. The van der Waals surface area contributed by atoms with Gasteiger partial charge in [0, 0.05) is 91.6 Å². The maximum absolute atomic E-state index is 3.48. The smallest absolute Gasteiger partial charge is 0.0110 e. The molecule has 0 bridgehead atoms. The quantitative estimate of drug-likeness (QED) is 0.480. The Hall–Kier alpha value is -0.240. The molecule has 2 fully saturated rings. The zero-order chi connectivity index (χ0) is 13.9. The molecule has 0 saturated carbocycles. The standard InChI is InChI=1S/C14H32N6/c1-2-16-6-10-19(9-5-15-1)13-14-20-11-7-17-3-4-18-8-12-20/h15-18H,1-14H2. The molecule has 0 aromatic rings. The van der Waals surface area contributed by atoms with E-state index in [0.29, 0.717) is 0 Å². The average molecular weight is 284 g/mol. The minimum absolute atomic E-state index is 1.09. The SMILES string of the molecule is C1CNCCN(CCN2CCNCCNCC2)CCN1. The van der Waals surface area contributed by atoms with Gasteiger partial charge in [0.2, 0.25) is 0 Å². The van der Waals surface area contributed by atoms with Crippen LogP contribution in [0.25, 0.3) is 0 Å². The largest absolute Gasteiger partial charge is 0.314 e. The van der Waals surface area contributed by atoms with Crippen molar-refractivity contribution in [2.45, 2.75) is 0 Å². The normalized spacial score (nSPS) is 25.8. The predicted octanol–water partition coefficient (Wildman–Crippen LogP) is -2.02. The summed E-state index contributed by atoms with van der Waals surface area (Å²) in [6.45, 7) is 15.9. The molecule has 4 N–H and O–H groups in total. The van der Waals surface area contributed by atoms with Gasteiger partial charge in [-0.1, -0.05) is 0 Å². The molecule has 2 saturated heterocycles. The van der Waals surface area contributed by atoms with E-state index in [1.165, 1.54) is 39.3 Å². The zero-order valence-corrected chi connectivity index (χ0v) is 12.8. The molecule has 0 aliphatic carbocycles. The van der Waals surface area contributed by atoms with Gasteiger partial charge < -0.3 is 21.3 Å². The van der Waals surface area contributed by atoms with Crippen LogP contribution in [0.5, 0.6) is 0 Å². The molecule has 2 rings (SSSR count). The van der Waals surface area contributed by atoms with Gasteiger partial charge in [0.1, 0.15) is 0 Å². The van der Waals surface area contributed by atoms with Crippen LogP contribution in [-0.2, 0) is 0 Å². The lowest BCUT2D eigenvalue weighted by atomic mass is 10.3. The van der Waals surface area contributed by atoms with Crippen LogP contribution in [0.4, 0.5) is 0 Å². The number of rotatable bonds is 3. The minimum Gasteiger partial charge on any atom is -0.314 e. The van der Waals surface area contributed by atoms with Crippen molar-refractivity contribution < 1.29 is 0 Å². The molecule has 0 spiro atoms. The predicted molar refractivity (Wildman–Crippen MR) is 84.4 cm³/mol. The molecule has 0 unspecified atom stereocenters. The van der Waals surface area contributed by atoms with E-state index in [9.17, 15) is 0 Å². The highest BCUT2D eigenvalue weighted by atomic mass is 15.2. The third kappa shape index (κ3) is 6.97. The van der Waals surface area contributed by atoms with Gasteiger partial charge >= 0.3 is 0 Å². The molecular formula is C14H32N6. The van der Waals surface area contributed by atoms with E-state index in [-0.39, 0.29) is 0 Å². The monoisotopic (exact) mass is 284 g/mol. The highest BCUT2D eigenvalue weighted by Crippen LogP contribution is 1.93. The van der Waals surface area contributed by atoms with Gasteiger partial charge in [0.05, 0.1) is 0 Å². The van der Waals surface area contributed by atoms with Gasteiger partial charge in [-0.25, -0.2) is 0 Å². The Morgan fingerprint density at radius 2 is 0.750 bits per heavy atom. The molecule has 0 radical (unpaired) electrons. The van der Waals surface area contributed by atoms with E-state index in [0.717, 1.165) is 52.4 Å². The van der Waals surface area contributed by atoms with Crippen LogP contribution in [-0.4, -0.2) is 101 Å². The third-order valence-corrected chi connectivity index (χ3v) is 4.11. The van der Waals surface area contributed by atoms with E-state index >= 15 is 0 Å². The van der Waals surface area contributed by atoms with Crippen molar-refractivity contribution in [2.24, 2.45) is 0 Å². The fourth-order valence-corrected chi connectivity index (χ4v) is 2.76. The molecule has 2 aliphatic rings. The van der Waals surface area contributed by atoms with Crippen LogP contribution in [0.2, 0.25) is 0 Å². The fraction of sp³-hybridized carbons (Fsp3) is 1.00. The molecular weight excluding hydrogens is 252 g/mol. The van der Waals surface area contributed by atoms with Crippen LogP contribution in [0, 0.1) is 0 Å². The second-order valence-electron chi connectivity index (χ2n) is 5.68. The van der Waals surface area contributed by atoms with Crippen LogP contribution >= 0.6 is 0 Å². The van der Waals surface area contributed by atoms with Crippen LogP contribution in [0.15, 0.2) is 0 Å². The minimum atomic E-state index is 1.09. The Morgan fingerprint density at radius 3 is 1.05 bits per heavy atom. The topological polar surface area (TPSA) is 54.6 Å². The molecule has 6 heteroatoms. The summed E-state index contributed by atoms with van der Waals surface area (Å²) in [4.78, 5) is 5.16. The maximum atomic E-state index is 3.48. The van der Waals surface area contributed by atoms with Crippen LogP contribution in [0.1, 0.15) is 0 Å². The third-order valence-electron chi connectivity index (χ3n) is 4.11. The first-order valence-electron chi connectivity index (χ1n) is 8.23. The van der Waals surface area contributed by atoms with Crippen molar-refractivity contribution in [1.29, 1.82) is 0 Å². The lowest BCUT2D eigenvalue weighted by molar-refractivity contribution is 0.209. The fourth-order valence-electron chi connectivity index (χ4n) is 2.76. The molecule has 118 valence electrons. The Balaban J connectivity index is 1.67. The summed E-state index contributed by atoms with van der Waals surface area (Å²) in [6, 6.07) is 0. The highest BCUT2D eigenvalue weighted by molar-refractivity contribution is 4.70. The summed E-state index contributed by atoms with van der Waals surface area (Å²) in [6.07, 6.45) is 0. The van der Waals surface area contributed by atoms with Crippen molar-refractivity contribution in [1.82, 2.24) is 31.1 Å². The van der Waals surface area contributed by atoms with E-state index < -0.39 is 0 Å². The molecule has 6 nitrogen and oxygen atoms in total. The molecule has 20 heavy (non-hydrogen) atoms. The van der Waals surface area contributed by atoms with Crippen molar-refractivity contribution in [3.63, 3.8) is 0 Å². The Bertz CT molecular complexity index is 194. The van der Waals surface area contributed by atoms with Gasteiger partial charge in [-0.15, -0.1) is 0 Å². The second kappa shape index (κ2) is 10.5. The molecule has 0 amide bonds. The zero-order valence-electron chi connectivity index (χ0n) is 12.8. The Kier molecular flexibility index (Phi) is 8.46. The molecule has 0 atom stereocenters. The van der Waals surface area contributed by atoms with Gasteiger partial charge in [0.25, 0.3) is 0 Å². The van der Waals surface area contributed by atoms with E-state index in [2.05, 4.69) is 31.1 Å². The van der Waals surface area contributed by atoms with Crippen LogP contribution < -0.4 is 21.3 Å². The van der Waals surface area contributed by atoms with Crippen molar-refractivity contribution in [3.8, 4) is 0 Å². The number of hydrogen-bond acceptors (Lipinski definition) is 6. The van der Waals surface area contributed by atoms with Gasteiger partial charge in [0.15, 0.2) is 0 Å². The van der Waals surface area contributed by atoms with Gasteiger partial charge in [-0.3, -0.25) is 9.80 Å².